The number of Topliss-reactive ketones (excluding diaryl/α,β-unsaturated/α-hetero) is 1. The average molecular weight is 239 g/mol. The van der Waals surface area contributed by atoms with Crippen molar-refractivity contribution in [2.75, 3.05) is 24.6 Å². The van der Waals surface area contributed by atoms with Crippen molar-refractivity contribution in [3.8, 4) is 0 Å². The van der Waals surface area contributed by atoms with E-state index >= 15 is 0 Å². The molecule has 0 heterocycles. The van der Waals surface area contributed by atoms with Gasteiger partial charge in [-0.2, -0.15) is 0 Å². The maximum absolute atomic E-state index is 13.8. The van der Waals surface area contributed by atoms with E-state index < -0.39 is 5.82 Å². The number of ketones is 1. The first-order valence-corrected chi connectivity index (χ1v) is 5.77. The fourth-order valence-electron chi connectivity index (χ4n) is 1.85. The normalized spacial score (nSPS) is 10.4. The number of hydrogen-bond acceptors (Lipinski definition) is 3. The molecule has 1 N–H and O–H groups in total. The molecule has 94 valence electrons. The first-order chi connectivity index (χ1) is 8.11. The van der Waals surface area contributed by atoms with Crippen molar-refractivity contribution in [3.05, 3.63) is 29.6 Å². The van der Waals surface area contributed by atoms with E-state index in [4.69, 9.17) is 5.11 Å². The predicted octanol–water partition coefficient (Wildman–Crippen LogP) is 2.24. The number of carbonyl (C=O) groups is 1. The number of aliphatic hydroxyl groups is 1. The second-order valence-corrected chi connectivity index (χ2v) is 3.90. The van der Waals surface area contributed by atoms with Crippen LogP contribution in [0, 0.1) is 5.82 Å². The second kappa shape index (κ2) is 6.35. The highest BCUT2D eigenvalue weighted by Crippen LogP contribution is 2.25. The number of benzene rings is 1. The molecule has 0 radical (unpaired) electrons. The Labute approximate surface area is 101 Å². The Kier molecular flexibility index (Phi) is 5.10. The minimum absolute atomic E-state index is 0.0638. The summed E-state index contributed by atoms with van der Waals surface area (Å²) in [4.78, 5) is 13.2. The van der Waals surface area contributed by atoms with Gasteiger partial charge in [-0.05, 0) is 25.5 Å². The molecule has 0 spiro atoms. The van der Waals surface area contributed by atoms with Gasteiger partial charge in [0.15, 0.2) is 5.78 Å². The largest absolute Gasteiger partial charge is 0.395 e. The number of carbonyl (C=O) groups excluding carboxylic acids is 1. The number of anilines is 1. The Bertz CT molecular complexity index is 387. The van der Waals surface area contributed by atoms with Crippen LogP contribution in [0.5, 0.6) is 0 Å². The zero-order chi connectivity index (χ0) is 12.8. The Balaban J connectivity index is 3.19. The summed E-state index contributed by atoms with van der Waals surface area (Å²) in [7, 11) is 0. The highest BCUT2D eigenvalue weighted by atomic mass is 19.1. The minimum Gasteiger partial charge on any atom is -0.395 e. The van der Waals surface area contributed by atoms with E-state index in [1.165, 1.54) is 19.1 Å². The van der Waals surface area contributed by atoms with E-state index in [-0.39, 0.29) is 12.4 Å². The van der Waals surface area contributed by atoms with E-state index in [9.17, 15) is 9.18 Å². The van der Waals surface area contributed by atoms with E-state index in [2.05, 4.69) is 0 Å². The molecular formula is C13H18FNO2. The van der Waals surface area contributed by atoms with Gasteiger partial charge >= 0.3 is 0 Å². The monoisotopic (exact) mass is 239 g/mol. The summed E-state index contributed by atoms with van der Waals surface area (Å²) in [5.74, 6) is -0.585. The lowest BCUT2D eigenvalue weighted by Gasteiger charge is -2.25. The SMILES string of the molecule is CCCN(CCO)c1c(F)cccc1C(C)=O. The van der Waals surface area contributed by atoms with Crippen LogP contribution in [-0.4, -0.2) is 30.6 Å². The number of para-hydroxylation sites is 1. The molecule has 0 saturated heterocycles. The molecular weight excluding hydrogens is 221 g/mol. The zero-order valence-corrected chi connectivity index (χ0v) is 10.2. The number of halogens is 1. The molecule has 0 amide bonds. The van der Waals surface area contributed by atoms with Crippen LogP contribution in [0.1, 0.15) is 30.6 Å². The molecule has 0 atom stereocenters. The summed E-state index contributed by atoms with van der Waals surface area (Å²) in [6, 6.07) is 4.47. The van der Waals surface area contributed by atoms with Crippen LogP contribution in [-0.2, 0) is 0 Å². The molecule has 0 unspecified atom stereocenters. The summed E-state index contributed by atoms with van der Waals surface area (Å²) in [5.41, 5.74) is 0.669. The van der Waals surface area contributed by atoms with E-state index in [0.717, 1.165) is 6.42 Å². The summed E-state index contributed by atoms with van der Waals surface area (Å²) >= 11 is 0. The van der Waals surface area contributed by atoms with Crippen LogP contribution in [0.4, 0.5) is 10.1 Å². The molecule has 0 aliphatic carbocycles. The van der Waals surface area contributed by atoms with E-state index in [1.54, 1.807) is 11.0 Å². The van der Waals surface area contributed by atoms with Crippen LogP contribution in [0.3, 0.4) is 0 Å². The van der Waals surface area contributed by atoms with Gasteiger partial charge in [0.2, 0.25) is 0 Å². The van der Waals surface area contributed by atoms with E-state index in [0.29, 0.717) is 24.3 Å². The molecule has 0 aliphatic heterocycles. The molecule has 0 saturated carbocycles. The van der Waals surface area contributed by atoms with Gasteiger partial charge in [0.25, 0.3) is 0 Å². The lowest BCUT2D eigenvalue weighted by molar-refractivity contribution is 0.101. The molecule has 1 aromatic rings. The van der Waals surface area contributed by atoms with Crippen molar-refractivity contribution in [1.82, 2.24) is 0 Å². The van der Waals surface area contributed by atoms with Crippen molar-refractivity contribution in [2.24, 2.45) is 0 Å². The van der Waals surface area contributed by atoms with Crippen LogP contribution in [0.2, 0.25) is 0 Å². The number of rotatable bonds is 6. The Morgan fingerprint density at radius 3 is 2.65 bits per heavy atom. The van der Waals surface area contributed by atoms with Crippen molar-refractivity contribution >= 4 is 11.5 Å². The van der Waals surface area contributed by atoms with Crippen LogP contribution in [0.15, 0.2) is 18.2 Å². The topological polar surface area (TPSA) is 40.5 Å². The maximum Gasteiger partial charge on any atom is 0.161 e. The second-order valence-electron chi connectivity index (χ2n) is 3.90. The van der Waals surface area contributed by atoms with Gasteiger partial charge in [0.05, 0.1) is 12.3 Å². The average Bonchev–Trinajstić information content (AvgIpc) is 2.28. The smallest absolute Gasteiger partial charge is 0.161 e. The highest BCUT2D eigenvalue weighted by Gasteiger charge is 2.17. The third kappa shape index (κ3) is 3.27. The van der Waals surface area contributed by atoms with E-state index in [1.807, 2.05) is 6.92 Å². The minimum atomic E-state index is -0.417. The number of hydrogen-bond donors (Lipinski definition) is 1. The first-order valence-electron chi connectivity index (χ1n) is 5.77. The van der Waals surface area contributed by atoms with Crippen LogP contribution >= 0.6 is 0 Å². The van der Waals surface area contributed by atoms with Gasteiger partial charge in [-0.3, -0.25) is 4.79 Å². The molecule has 0 fully saturated rings. The summed E-state index contributed by atoms with van der Waals surface area (Å²) < 4.78 is 13.8. The lowest BCUT2D eigenvalue weighted by atomic mass is 10.1. The third-order valence-corrected chi connectivity index (χ3v) is 2.55. The lowest BCUT2D eigenvalue weighted by Crippen LogP contribution is -2.29. The van der Waals surface area contributed by atoms with Gasteiger partial charge in [0, 0.05) is 18.7 Å². The third-order valence-electron chi connectivity index (χ3n) is 2.55. The molecule has 1 rings (SSSR count). The maximum atomic E-state index is 13.8. The summed E-state index contributed by atoms with van der Waals surface area (Å²) in [6.45, 7) is 4.27. The number of nitrogens with zero attached hydrogens (tertiary/aromatic N) is 1. The highest BCUT2D eigenvalue weighted by molar-refractivity contribution is 5.99. The quantitative estimate of drug-likeness (QED) is 0.774. The molecule has 3 nitrogen and oxygen atoms in total. The molecule has 0 bridgehead atoms. The molecule has 0 aromatic heterocycles. The fraction of sp³-hybridized carbons (Fsp3) is 0.462. The van der Waals surface area contributed by atoms with Crippen LogP contribution < -0.4 is 4.90 Å². The number of aliphatic hydroxyl groups excluding tert-OH is 1. The van der Waals surface area contributed by atoms with Gasteiger partial charge < -0.3 is 10.0 Å². The first kappa shape index (κ1) is 13.6. The van der Waals surface area contributed by atoms with Gasteiger partial charge in [0.1, 0.15) is 5.82 Å². The van der Waals surface area contributed by atoms with Gasteiger partial charge in [-0.25, -0.2) is 4.39 Å². The van der Waals surface area contributed by atoms with Crippen molar-refractivity contribution in [3.63, 3.8) is 0 Å². The summed E-state index contributed by atoms with van der Waals surface area (Å²) in [6.07, 6.45) is 0.825. The van der Waals surface area contributed by atoms with Crippen LogP contribution in [0.25, 0.3) is 0 Å². The molecule has 17 heavy (non-hydrogen) atoms. The Hall–Kier alpha value is -1.42. The van der Waals surface area contributed by atoms with Gasteiger partial charge in [-0.15, -0.1) is 0 Å². The molecule has 0 aliphatic rings. The standard InChI is InChI=1S/C13H18FNO2/c1-3-7-15(8-9-16)13-11(10(2)17)5-4-6-12(13)14/h4-6,16H,3,7-9H2,1-2H3. The zero-order valence-electron chi connectivity index (χ0n) is 10.2. The summed E-state index contributed by atoms with van der Waals surface area (Å²) in [5, 5.41) is 9.00. The van der Waals surface area contributed by atoms with Gasteiger partial charge in [-0.1, -0.05) is 13.0 Å². The Morgan fingerprint density at radius 1 is 1.41 bits per heavy atom. The molecule has 4 heteroatoms. The molecule has 1 aromatic carbocycles. The predicted molar refractivity (Wildman–Crippen MR) is 66.0 cm³/mol. The van der Waals surface area contributed by atoms with Crippen molar-refractivity contribution in [1.29, 1.82) is 0 Å². The fourth-order valence-corrected chi connectivity index (χ4v) is 1.85. The van der Waals surface area contributed by atoms with Crippen molar-refractivity contribution < 1.29 is 14.3 Å². The Morgan fingerprint density at radius 2 is 2.12 bits per heavy atom. The van der Waals surface area contributed by atoms with Crippen molar-refractivity contribution in [2.45, 2.75) is 20.3 Å².